The molecule has 1 aliphatic carbocycles. The van der Waals surface area contributed by atoms with E-state index in [9.17, 15) is 0 Å². The van der Waals surface area contributed by atoms with Crippen LogP contribution < -0.4 is 5.73 Å². The molecule has 3 nitrogen and oxygen atoms in total. The maximum Gasteiger partial charge on any atom is 0.0760 e. The molecule has 3 unspecified atom stereocenters. The second-order valence-corrected chi connectivity index (χ2v) is 8.56. The van der Waals surface area contributed by atoms with Crippen LogP contribution in [0.4, 0.5) is 0 Å². The fraction of sp³-hybridized carbons (Fsp3) is 1.00. The summed E-state index contributed by atoms with van der Waals surface area (Å²) in [7, 11) is 0. The standard InChI is InChI=1S/C18H36N2O/c1-6-7-14-8-9-15(11-19)16(10-14)20-12-17(2,3)21-18(4,5)13-20/h14-16H,6-13,19H2,1-5H3. The lowest BCUT2D eigenvalue weighted by atomic mass is 9.75. The third-order valence-electron chi connectivity index (χ3n) is 5.25. The van der Waals surface area contributed by atoms with Crippen LogP contribution in [0.2, 0.25) is 0 Å². The maximum absolute atomic E-state index is 6.25. The summed E-state index contributed by atoms with van der Waals surface area (Å²) in [5.74, 6) is 1.57. The van der Waals surface area contributed by atoms with Crippen molar-refractivity contribution in [3.63, 3.8) is 0 Å². The van der Waals surface area contributed by atoms with E-state index in [1.54, 1.807) is 0 Å². The molecule has 21 heavy (non-hydrogen) atoms. The molecule has 124 valence electrons. The summed E-state index contributed by atoms with van der Waals surface area (Å²) in [5.41, 5.74) is 5.98. The summed E-state index contributed by atoms with van der Waals surface area (Å²) >= 11 is 0. The van der Waals surface area contributed by atoms with E-state index in [2.05, 4.69) is 39.5 Å². The van der Waals surface area contributed by atoms with E-state index in [4.69, 9.17) is 10.5 Å². The van der Waals surface area contributed by atoms with E-state index in [-0.39, 0.29) is 11.2 Å². The van der Waals surface area contributed by atoms with Gasteiger partial charge < -0.3 is 10.5 Å². The normalized spacial score (nSPS) is 36.6. The third-order valence-corrected chi connectivity index (χ3v) is 5.25. The molecule has 0 radical (unpaired) electrons. The highest BCUT2D eigenvalue weighted by atomic mass is 16.5. The molecule has 3 heteroatoms. The van der Waals surface area contributed by atoms with Crippen molar-refractivity contribution in [1.82, 2.24) is 4.90 Å². The van der Waals surface area contributed by atoms with Gasteiger partial charge in [-0.05, 0) is 58.9 Å². The Morgan fingerprint density at radius 2 is 1.71 bits per heavy atom. The van der Waals surface area contributed by atoms with Gasteiger partial charge in [-0.1, -0.05) is 26.2 Å². The van der Waals surface area contributed by atoms with Crippen LogP contribution in [0.25, 0.3) is 0 Å². The molecular weight excluding hydrogens is 260 g/mol. The molecule has 2 fully saturated rings. The summed E-state index contributed by atoms with van der Waals surface area (Å²) in [6.45, 7) is 14.1. The van der Waals surface area contributed by atoms with Gasteiger partial charge in [0, 0.05) is 19.1 Å². The first-order chi connectivity index (χ1) is 9.76. The molecule has 0 aromatic heterocycles. The number of nitrogens with zero attached hydrogens (tertiary/aromatic N) is 1. The fourth-order valence-corrected chi connectivity index (χ4v) is 4.77. The van der Waals surface area contributed by atoms with Gasteiger partial charge in [0.15, 0.2) is 0 Å². The van der Waals surface area contributed by atoms with Crippen LogP contribution in [0.5, 0.6) is 0 Å². The van der Waals surface area contributed by atoms with Crippen molar-refractivity contribution in [1.29, 1.82) is 0 Å². The van der Waals surface area contributed by atoms with Gasteiger partial charge >= 0.3 is 0 Å². The zero-order chi connectivity index (χ0) is 15.7. The predicted molar refractivity (Wildman–Crippen MR) is 89.4 cm³/mol. The zero-order valence-electron chi connectivity index (χ0n) is 14.8. The molecule has 2 N–H and O–H groups in total. The molecule has 1 saturated carbocycles. The largest absolute Gasteiger partial charge is 0.367 e. The third kappa shape index (κ3) is 4.43. The maximum atomic E-state index is 6.25. The van der Waals surface area contributed by atoms with Crippen LogP contribution in [-0.2, 0) is 4.74 Å². The average molecular weight is 296 g/mol. The Morgan fingerprint density at radius 1 is 1.10 bits per heavy atom. The Morgan fingerprint density at radius 3 is 2.24 bits per heavy atom. The molecule has 1 aliphatic heterocycles. The van der Waals surface area contributed by atoms with Gasteiger partial charge in [0.1, 0.15) is 0 Å². The van der Waals surface area contributed by atoms with E-state index in [1.807, 2.05) is 0 Å². The monoisotopic (exact) mass is 296 g/mol. The summed E-state index contributed by atoms with van der Waals surface area (Å²) in [6, 6.07) is 0.655. The van der Waals surface area contributed by atoms with Gasteiger partial charge in [0.05, 0.1) is 11.2 Å². The minimum absolute atomic E-state index is 0.0569. The predicted octanol–water partition coefficient (Wildman–Crippen LogP) is 3.42. The minimum Gasteiger partial charge on any atom is -0.367 e. The lowest BCUT2D eigenvalue weighted by molar-refractivity contribution is -0.193. The first kappa shape index (κ1) is 17.2. The van der Waals surface area contributed by atoms with Gasteiger partial charge in [0.2, 0.25) is 0 Å². The van der Waals surface area contributed by atoms with Crippen LogP contribution >= 0.6 is 0 Å². The number of morpholine rings is 1. The van der Waals surface area contributed by atoms with Crippen molar-refractivity contribution in [3.8, 4) is 0 Å². The molecule has 0 aromatic rings. The Kier molecular flexibility index (Phi) is 5.38. The number of rotatable bonds is 4. The number of hydrogen-bond acceptors (Lipinski definition) is 3. The van der Waals surface area contributed by atoms with Crippen molar-refractivity contribution in [2.75, 3.05) is 19.6 Å². The van der Waals surface area contributed by atoms with Crippen LogP contribution in [0.3, 0.4) is 0 Å². The van der Waals surface area contributed by atoms with Crippen molar-refractivity contribution < 1.29 is 4.74 Å². The number of nitrogens with two attached hydrogens (primary N) is 1. The van der Waals surface area contributed by atoms with Crippen molar-refractivity contribution in [3.05, 3.63) is 0 Å². The van der Waals surface area contributed by atoms with E-state index >= 15 is 0 Å². The Bertz CT molecular complexity index is 324. The van der Waals surface area contributed by atoms with Gasteiger partial charge in [-0.3, -0.25) is 4.90 Å². The smallest absolute Gasteiger partial charge is 0.0760 e. The molecule has 0 aromatic carbocycles. The molecule has 0 spiro atoms. The van der Waals surface area contributed by atoms with Crippen molar-refractivity contribution in [2.45, 2.75) is 84.0 Å². The van der Waals surface area contributed by atoms with Gasteiger partial charge in [-0.2, -0.15) is 0 Å². The Labute approximate surface area is 131 Å². The van der Waals surface area contributed by atoms with Gasteiger partial charge in [0.25, 0.3) is 0 Å². The molecular formula is C18H36N2O. The van der Waals surface area contributed by atoms with Crippen molar-refractivity contribution >= 4 is 0 Å². The number of hydrogen-bond donors (Lipinski definition) is 1. The summed E-state index contributed by atoms with van der Waals surface area (Å²) in [5, 5.41) is 0. The van der Waals surface area contributed by atoms with E-state index in [0.29, 0.717) is 12.0 Å². The van der Waals surface area contributed by atoms with Crippen LogP contribution in [-0.4, -0.2) is 41.8 Å². The molecule has 2 aliphatic rings. The highest BCUT2D eigenvalue weighted by Crippen LogP contribution is 2.38. The topological polar surface area (TPSA) is 38.5 Å². The zero-order valence-corrected chi connectivity index (χ0v) is 14.8. The Balaban J connectivity index is 2.11. The summed E-state index contributed by atoms with van der Waals surface area (Å²) in [6.07, 6.45) is 6.71. The molecule has 1 saturated heterocycles. The van der Waals surface area contributed by atoms with Crippen LogP contribution in [0.15, 0.2) is 0 Å². The molecule has 2 rings (SSSR count). The highest BCUT2D eigenvalue weighted by molar-refractivity contribution is 4.96. The molecule has 1 heterocycles. The summed E-state index contributed by atoms with van der Waals surface area (Å²) in [4.78, 5) is 2.70. The molecule has 0 bridgehead atoms. The molecule has 0 amide bonds. The van der Waals surface area contributed by atoms with Gasteiger partial charge in [-0.15, -0.1) is 0 Å². The van der Waals surface area contributed by atoms with E-state index < -0.39 is 0 Å². The first-order valence-corrected chi connectivity index (χ1v) is 8.90. The lowest BCUT2D eigenvalue weighted by Gasteiger charge is -2.52. The second kappa shape index (κ2) is 6.55. The number of ether oxygens (including phenoxy) is 1. The molecule has 3 atom stereocenters. The lowest BCUT2D eigenvalue weighted by Crippen LogP contribution is -2.62. The average Bonchev–Trinajstić information content (AvgIpc) is 2.35. The van der Waals surface area contributed by atoms with Crippen molar-refractivity contribution in [2.24, 2.45) is 17.6 Å². The minimum atomic E-state index is -0.0569. The first-order valence-electron chi connectivity index (χ1n) is 8.90. The van der Waals surface area contributed by atoms with Gasteiger partial charge in [-0.25, -0.2) is 0 Å². The second-order valence-electron chi connectivity index (χ2n) is 8.56. The highest BCUT2D eigenvalue weighted by Gasteiger charge is 2.43. The Hall–Kier alpha value is -0.120. The van der Waals surface area contributed by atoms with Crippen LogP contribution in [0.1, 0.15) is 66.7 Å². The summed E-state index contributed by atoms with van der Waals surface area (Å²) < 4.78 is 6.25. The SMILES string of the molecule is CCCC1CCC(CN)C(N2CC(C)(C)OC(C)(C)C2)C1. The fourth-order valence-electron chi connectivity index (χ4n) is 4.77. The quantitative estimate of drug-likeness (QED) is 0.864. The van der Waals surface area contributed by atoms with E-state index in [0.717, 1.165) is 25.6 Å². The van der Waals surface area contributed by atoms with Crippen LogP contribution in [0, 0.1) is 11.8 Å². The van der Waals surface area contributed by atoms with E-state index in [1.165, 1.54) is 32.1 Å².